The zero-order valence-corrected chi connectivity index (χ0v) is 19.1. The van der Waals surface area contributed by atoms with Crippen LogP contribution in [0.25, 0.3) is 10.9 Å². The van der Waals surface area contributed by atoms with E-state index in [2.05, 4.69) is 50.0 Å². The Morgan fingerprint density at radius 3 is 2.79 bits per heavy atom. The molecule has 0 saturated heterocycles. The Morgan fingerprint density at radius 1 is 1.10 bits per heavy atom. The number of rotatable bonds is 9. The molecule has 0 bridgehead atoms. The molecule has 0 saturated carbocycles. The molecule has 3 N–H and O–H groups in total. The summed E-state index contributed by atoms with van der Waals surface area (Å²) < 4.78 is 10.7. The SMILES string of the molecule is CN=C(NCCc1c[nH]c2ccccc12)NCc1cccnc1OCCOC.I. The van der Waals surface area contributed by atoms with Gasteiger partial charge in [0.2, 0.25) is 5.88 Å². The molecular formula is C21H28IN5O2. The maximum absolute atomic E-state index is 5.67. The molecule has 0 fully saturated rings. The summed E-state index contributed by atoms with van der Waals surface area (Å²) in [6.07, 6.45) is 4.70. The molecule has 0 aliphatic carbocycles. The Morgan fingerprint density at radius 2 is 1.97 bits per heavy atom. The summed E-state index contributed by atoms with van der Waals surface area (Å²) in [5.41, 5.74) is 3.43. The molecule has 0 spiro atoms. The first-order valence-corrected chi connectivity index (χ1v) is 9.37. The van der Waals surface area contributed by atoms with E-state index >= 15 is 0 Å². The van der Waals surface area contributed by atoms with Gasteiger partial charge in [-0.1, -0.05) is 24.3 Å². The van der Waals surface area contributed by atoms with E-state index in [4.69, 9.17) is 9.47 Å². The van der Waals surface area contributed by atoms with Gasteiger partial charge >= 0.3 is 0 Å². The smallest absolute Gasteiger partial charge is 0.218 e. The van der Waals surface area contributed by atoms with E-state index in [1.165, 1.54) is 10.9 Å². The van der Waals surface area contributed by atoms with Gasteiger partial charge in [-0.25, -0.2) is 4.98 Å². The van der Waals surface area contributed by atoms with Gasteiger partial charge in [0, 0.05) is 56.1 Å². The maximum atomic E-state index is 5.67. The number of benzene rings is 1. The topological polar surface area (TPSA) is 83.6 Å². The fourth-order valence-electron chi connectivity index (χ4n) is 2.96. The lowest BCUT2D eigenvalue weighted by Crippen LogP contribution is -2.38. The van der Waals surface area contributed by atoms with Crippen LogP contribution in [0.3, 0.4) is 0 Å². The van der Waals surface area contributed by atoms with Crippen LogP contribution in [0.5, 0.6) is 5.88 Å². The van der Waals surface area contributed by atoms with Gasteiger partial charge in [-0.05, 0) is 24.1 Å². The number of nitrogens with zero attached hydrogens (tertiary/aromatic N) is 2. The highest BCUT2D eigenvalue weighted by molar-refractivity contribution is 14.0. The predicted molar refractivity (Wildman–Crippen MR) is 127 cm³/mol. The molecule has 0 amide bonds. The van der Waals surface area contributed by atoms with Gasteiger partial charge in [0.05, 0.1) is 6.61 Å². The normalized spacial score (nSPS) is 11.2. The Kier molecular flexibility index (Phi) is 9.72. The number of aromatic amines is 1. The zero-order chi connectivity index (χ0) is 19.6. The quantitative estimate of drug-likeness (QED) is 0.179. The molecule has 0 radical (unpaired) electrons. The number of guanidine groups is 1. The van der Waals surface area contributed by atoms with Crippen LogP contribution >= 0.6 is 24.0 Å². The number of aromatic nitrogens is 2. The van der Waals surface area contributed by atoms with Crippen molar-refractivity contribution in [1.82, 2.24) is 20.6 Å². The molecule has 2 aromatic heterocycles. The summed E-state index contributed by atoms with van der Waals surface area (Å²) in [6.45, 7) is 2.35. The second-order valence-corrected chi connectivity index (χ2v) is 6.27. The average Bonchev–Trinajstić information content (AvgIpc) is 3.15. The largest absolute Gasteiger partial charge is 0.475 e. The summed E-state index contributed by atoms with van der Waals surface area (Å²) in [5, 5.41) is 7.94. The van der Waals surface area contributed by atoms with Gasteiger partial charge in [-0.2, -0.15) is 0 Å². The first-order valence-electron chi connectivity index (χ1n) is 9.37. The van der Waals surface area contributed by atoms with E-state index in [1.54, 1.807) is 20.4 Å². The van der Waals surface area contributed by atoms with E-state index in [1.807, 2.05) is 18.2 Å². The molecule has 7 nitrogen and oxygen atoms in total. The Hall–Kier alpha value is -2.33. The van der Waals surface area contributed by atoms with E-state index in [0.717, 1.165) is 30.0 Å². The number of H-pyrrole nitrogens is 1. The van der Waals surface area contributed by atoms with Crippen molar-refractivity contribution in [2.45, 2.75) is 13.0 Å². The van der Waals surface area contributed by atoms with Crippen LogP contribution in [0.4, 0.5) is 0 Å². The minimum Gasteiger partial charge on any atom is -0.475 e. The summed E-state index contributed by atoms with van der Waals surface area (Å²) in [7, 11) is 3.41. The number of pyridine rings is 1. The van der Waals surface area contributed by atoms with Crippen molar-refractivity contribution >= 4 is 40.8 Å². The molecule has 156 valence electrons. The first-order chi connectivity index (χ1) is 13.8. The standard InChI is InChI=1S/C21H27N5O2.HI/c1-22-21(24-11-9-16-14-25-19-8-4-3-7-18(16)19)26-15-17-6-5-10-23-20(17)28-13-12-27-2;/h3-8,10,14,25H,9,11-13,15H2,1-2H3,(H2,22,24,26);1H. The third-order valence-corrected chi connectivity index (χ3v) is 4.41. The van der Waals surface area contributed by atoms with Crippen molar-refractivity contribution in [1.29, 1.82) is 0 Å². The summed E-state index contributed by atoms with van der Waals surface area (Å²) in [4.78, 5) is 11.9. The van der Waals surface area contributed by atoms with Crippen molar-refractivity contribution in [3.8, 4) is 5.88 Å². The first kappa shape index (κ1) is 23.0. The van der Waals surface area contributed by atoms with Crippen molar-refractivity contribution in [2.24, 2.45) is 4.99 Å². The third-order valence-electron chi connectivity index (χ3n) is 4.41. The second kappa shape index (κ2) is 12.3. The summed E-state index contributed by atoms with van der Waals surface area (Å²) >= 11 is 0. The van der Waals surface area contributed by atoms with Crippen LogP contribution in [0.15, 0.2) is 53.8 Å². The molecule has 0 aliphatic heterocycles. The van der Waals surface area contributed by atoms with Crippen LogP contribution in [0, 0.1) is 0 Å². The lowest BCUT2D eigenvalue weighted by Gasteiger charge is -2.14. The zero-order valence-electron chi connectivity index (χ0n) is 16.8. The van der Waals surface area contributed by atoms with E-state index in [-0.39, 0.29) is 24.0 Å². The van der Waals surface area contributed by atoms with Crippen LogP contribution in [0.1, 0.15) is 11.1 Å². The Labute approximate surface area is 188 Å². The number of fused-ring (bicyclic) bond motifs is 1. The van der Waals surface area contributed by atoms with Crippen molar-refractivity contribution in [2.75, 3.05) is 33.9 Å². The number of aliphatic imine (C=N–C) groups is 1. The predicted octanol–water partition coefficient (Wildman–Crippen LogP) is 3.11. The summed E-state index contributed by atoms with van der Waals surface area (Å²) in [5.74, 6) is 1.35. The lowest BCUT2D eigenvalue weighted by molar-refractivity contribution is 0.143. The molecule has 3 aromatic rings. The lowest BCUT2D eigenvalue weighted by atomic mass is 10.1. The molecule has 2 heterocycles. The minimum atomic E-state index is 0. The molecule has 8 heteroatoms. The molecule has 1 aromatic carbocycles. The number of ether oxygens (including phenoxy) is 2. The molecule has 3 rings (SSSR count). The average molecular weight is 509 g/mol. The van der Waals surface area contributed by atoms with Crippen molar-refractivity contribution in [3.63, 3.8) is 0 Å². The van der Waals surface area contributed by atoms with E-state index in [0.29, 0.717) is 25.6 Å². The number of halogens is 1. The van der Waals surface area contributed by atoms with E-state index < -0.39 is 0 Å². The van der Waals surface area contributed by atoms with Gasteiger partial charge in [-0.3, -0.25) is 4.99 Å². The highest BCUT2D eigenvalue weighted by atomic mass is 127. The van der Waals surface area contributed by atoms with Crippen LogP contribution in [-0.2, 0) is 17.7 Å². The van der Waals surface area contributed by atoms with Gasteiger partial charge < -0.3 is 25.1 Å². The molecule has 29 heavy (non-hydrogen) atoms. The Bertz CT molecular complexity index is 913. The van der Waals surface area contributed by atoms with E-state index in [9.17, 15) is 0 Å². The van der Waals surface area contributed by atoms with Gasteiger partial charge in [0.1, 0.15) is 6.61 Å². The van der Waals surface area contributed by atoms with Crippen molar-refractivity contribution < 1.29 is 9.47 Å². The second-order valence-electron chi connectivity index (χ2n) is 6.27. The number of nitrogens with one attached hydrogen (secondary N) is 3. The molecular weight excluding hydrogens is 481 g/mol. The van der Waals surface area contributed by atoms with Gasteiger partial charge in [0.15, 0.2) is 5.96 Å². The molecule has 0 unspecified atom stereocenters. The monoisotopic (exact) mass is 509 g/mol. The highest BCUT2D eigenvalue weighted by Crippen LogP contribution is 2.17. The van der Waals surface area contributed by atoms with Gasteiger partial charge in [0.25, 0.3) is 0 Å². The van der Waals surface area contributed by atoms with Crippen LogP contribution in [-0.4, -0.2) is 49.8 Å². The minimum absolute atomic E-state index is 0. The Balaban J connectivity index is 0.00000300. The number of hydrogen-bond acceptors (Lipinski definition) is 4. The van der Waals surface area contributed by atoms with Gasteiger partial charge in [-0.15, -0.1) is 24.0 Å². The third kappa shape index (κ3) is 6.60. The summed E-state index contributed by atoms with van der Waals surface area (Å²) in [6, 6.07) is 12.2. The fourth-order valence-corrected chi connectivity index (χ4v) is 2.96. The number of hydrogen-bond donors (Lipinski definition) is 3. The highest BCUT2D eigenvalue weighted by Gasteiger charge is 2.07. The number of para-hydroxylation sites is 1. The maximum Gasteiger partial charge on any atom is 0.218 e. The number of methoxy groups -OCH3 is 1. The fraction of sp³-hybridized carbons (Fsp3) is 0.333. The van der Waals surface area contributed by atoms with Crippen LogP contribution < -0.4 is 15.4 Å². The van der Waals surface area contributed by atoms with Crippen LogP contribution in [0.2, 0.25) is 0 Å². The molecule has 0 atom stereocenters. The van der Waals surface area contributed by atoms with Crippen molar-refractivity contribution in [3.05, 3.63) is 59.9 Å². The molecule has 0 aliphatic rings.